The van der Waals surface area contributed by atoms with Crippen molar-refractivity contribution in [1.82, 2.24) is 24.5 Å². The Morgan fingerprint density at radius 2 is 1.97 bits per heavy atom. The van der Waals surface area contributed by atoms with E-state index in [1.807, 2.05) is 0 Å². The van der Waals surface area contributed by atoms with Crippen LogP contribution in [-0.4, -0.2) is 43.9 Å². The highest BCUT2D eigenvalue weighted by Crippen LogP contribution is 2.29. The van der Waals surface area contributed by atoms with Crippen LogP contribution in [0.15, 0.2) is 41.6 Å². The molecule has 3 aromatic heterocycles. The maximum atomic E-state index is 12.6. The summed E-state index contributed by atoms with van der Waals surface area (Å²) in [5.74, 6) is 0.207. The monoisotopic (exact) mass is 405 g/mol. The predicted molar refractivity (Wildman–Crippen MR) is 97.5 cm³/mol. The summed E-state index contributed by atoms with van der Waals surface area (Å²) in [7, 11) is 0. The molecule has 0 saturated heterocycles. The molecule has 4 rings (SSSR count). The minimum Gasteiger partial charge on any atom is -0.483 e. The first-order valence-corrected chi connectivity index (χ1v) is 8.54. The van der Waals surface area contributed by atoms with Gasteiger partial charge in [-0.3, -0.25) is 14.5 Å². The van der Waals surface area contributed by atoms with Crippen molar-refractivity contribution in [3.63, 3.8) is 0 Å². The third-order valence-corrected chi connectivity index (χ3v) is 4.06. The molecule has 0 bridgehead atoms. The fourth-order valence-electron chi connectivity index (χ4n) is 2.94. The van der Waals surface area contributed by atoms with E-state index in [1.54, 1.807) is 19.1 Å². The van der Waals surface area contributed by atoms with E-state index in [2.05, 4.69) is 19.9 Å². The molecule has 8 nitrogen and oxygen atoms in total. The van der Waals surface area contributed by atoms with Gasteiger partial charge >= 0.3 is 11.9 Å². The number of nitrogens with zero attached hydrogens (tertiary/aromatic N) is 4. The molecule has 4 aromatic rings. The van der Waals surface area contributed by atoms with Crippen molar-refractivity contribution in [1.29, 1.82) is 0 Å². The van der Waals surface area contributed by atoms with Gasteiger partial charge in [-0.1, -0.05) is 0 Å². The van der Waals surface area contributed by atoms with Crippen LogP contribution in [0.3, 0.4) is 0 Å². The van der Waals surface area contributed by atoms with Gasteiger partial charge in [0.1, 0.15) is 12.1 Å². The summed E-state index contributed by atoms with van der Waals surface area (Å²) in [6.45, 7) is 0.656. The van der Waals surface area contributed by atoms with E-state index in [-0.39, 0.29) is 17.3 Å². The number of nitrogens with one attached hydrogen (secondary N) is 1. The first-order chi connectivity index (χ1) is 13.9. The molecule has 0 unspecified atom stereocenters. The van der Waals surface area contributed by atoms with E-state index >= 15 is 0 Å². The number of aromatic amines is 1. The Morgan fingerprint density at radius 1 is 1.14 bits per heavy atom. The summed E-state index contributed by atoms with van der Waals surface area (Å²) in [5.41, 5.74) is 0.882. The Bertz CT molecular complexity index is 1250. The van der Waals surface area contributed by atoms with Crippen LogP contribution >= 0.6 is 0 Å². The quantitative estimate of drug-likeness (QED) is 0.549. The molecule has 150 valence electrons. The number of alkyl halides is 3. The molecule has 1 N–H and O–H groups in total. The van der Waals surface area contributed by atoms with Gasteiger partial charge in [-0.05, 0) is 31.2 Å². The van der Waals surface area contributed by atoms with Crippen molar-refractivity contribution >= 4 is 22.1 Å². The van der Waals surface area contributed by atoms with Crippen molar-refractivity contribution in [3.05, 3.63) is 47.3 Å². The number of benzene rings is 1. The normalized spacial score (nSPS) is 11.9. The average molecular weight is 405 g/mol. The number of aromatic nitrogens is 5. The zero-order chi connectivity index (χ0) is 20.6. The maximum absolute atomic E-state index is 12.6. The molecule has 0 amide bonds. The van der Waals surface area contributed by atoms with E-state index < -0.39 is 18.5 Å². The van der Waals surface area contributed by atoms with E-state index in [4.69, 9.17) is 9.47 Å². The zero-order valence-electron chi connectivity index (χ0n) is 15.0. The van der Waals surface area contributed by atoms with Gasteiger partial charge in [-0.15, -0.1) is 0 Å². The van der Waals surface area contributed by atoms with Gasteiger partial charge in [0.05, 0.1) is 17.8 Å². The molecule has 0 fully saturated rings. The van der Waals surface area contributed by atoms with Gasteiger partial charge in [-0.25, -0.2) is 9.78 Å². The molecule has 0 aliphatic heterocycles. The van der Waals surface area contributed by atoms with Crippen LogP contribution in [0.4, 0.5) is 13.2 Å². The van der Waals surface area contributed by atoms with E-state index in [0.29, 0.717) is 28.7 Å². The minimum absolute atomic E-state index is 0.00310. The SMILES string of the molecule is CCOc1ncnc2[nH]c(=O)n(-c3ccc4nccc(OCC(F)(F)F)c4c3)c12. The van der Waals surface area contributed by atoms with E-state index in [9.17, 15) is 18.0 Å². The van der Waals surface area contributed by atoms with Gasteiger partial charge in [0, 0.05) is 11.6 Å². The maximum Gasteiger partial charge on any atom is 0.422 e. The van der Waals surface area contributed by atoms with Gasteiger partial charge in [0.15, 0.2) is 17.8 Å². The number of pyridine rings is 1. The predicted octanol–water partition coefficient (Wildman–Crippen LogP) is 3.00. The highest BCUT2D eigenvalue weighted by atomic mass is 19.4. The van der Waals surface area contributed by atoms with Crippen LogP contribution < -0.4 is 15.2 Å². The summed E-state index contributed by atoms with van der Waals surface area (Å²) in [5, 5.41) is 0.324. The number of H-pyrrole nitrogens is 1. The largest absolute Gasteiger partial charge is 0.483 e. The Balaban J connectivity index is 1.89. The van der Waals surface area contributed by atoms with Gasteiger partial charge in [-0.2, -0.15) is 18.2 Å². The molecule has 0 saturated carbocycles. The number of ether oxygens (including phenoxy) is 2. The lowest BCUT2D eigenvalue weighted by Gasteiger charge is -2.12. The zero-order valence-corrected chi connectivity index (χ0v) is 15.0. The second-order valence-corrected chi connectivity index (χ2v) is 5.99. The Hall–Kier alpha value is -3.63. The Kier molecular flexibility index (Phi) is 4.57. The third-order valence-electron chi connectivity index (χ3n) is 4.06. The molecule has 29 heavy (non-hydrogen) atoms. The van der Waals surface area contributed by atoms with Crippen molar-refractivity contribution in [2.75, 3.05) is 13.2 Å². The fraction of sp³-hybridized carbons (Fsp3) is 0.222. The number of imidazole rings is 1. The second-order valence-electron chi connectivity index (χ2n) is 5.99. The Labute approximate surface area is 160 Å². The third kappa shape index (κ3) is 3.58. The van der Waals surface area contributed by atoms with E-state index in [1.165, 1.54) is 29.2 Å². The number of rotatable bonds is 5. The Morgan fingerprint density at radius 3 is 2.72 bits per heavy atom. The summed E-state index contributed by atoms with van der Waals surface area (Å²) in [4.78, 5) is 27.4. The first-order valence-electron chi connectivity index (χ1n) is 8.54. The van der Waals surface area contributed by atoms with Gasteiger partial charge in [0.2, 0.25) is 5.88 Å². The van der Waals surface area contributed by atoms with Crippen molar-refractivity contribution in [2.24, 2.45) is 0 Å². The summed E-state index contributed by atoms with van der Waals surface area (Å²) < 4.78 is 49.4. The highest BCUT2D eigenvalue weighted by Gasteiger charge is 2.28. The highest BCUT2D eigenvalue weighted by molar-refractivity contribution is 5.88. The number of halogens is 3. The lowest BCUT2D eigenvalue weighted by Crippen LogP contribution is -2.19. The first kappa shape index (κ1) is 18.7. The second kappa shape index (κ2) is 7.08. The number of hydrogen-bond acceptors (Lipinski definition) is 6. The summed E-state index contributed by atoms with van der Waals surface area (Å²) >= 11 is 0. The van der Waals surface area contributed by atoms with Crippen molar-refractivity contribution < 1.29 is 22.6 Å². The van der Waals surface area contributed by atoms with Crippen LogP contribution in [0.5, 0.6) is 11.6 Å². The van der Waals surface area contributed by atoms with Crippen LogP contribution in [-0.2, 0) is 0 Å². The topological polar surface area (TPSA) is 94.9 Å². The molecular formula is C18H14F3N5O3. The van der Waals surface area contributed by atoms with Crippen LogP contribution in [0.2, 0.25) is 0 Å². The summed E-state index contributed by atoms with van der Waals surface area (Å²) in [6.07, 6.45) is -1.86. The van der Waals surface area contributed by atoms with Crippen LogP contribution in [0, 0.1) is 0 Å². The molecule has 0 atom stereocenters. The lowest BCUT2D eigenvalue weighted by molar-refractivity contribution is -0.153. The van der Waals surface area contributed by atoms with Crippen molar-refractivity contribution in [3.8, 4) is 17.3 Å². The molecule has 11 heteroatoms. The van der Waals surface area contributed by atoms with Crippen LogP contribution in [0.25, 0.3) is 27.8 Å². The average Bonchev–Trinajstić information content (AvgIpc) is 3.02. The van der Waals surface area contributed by atoms with Crippen molar-refractivity contribution in [2.45, 2.75) is 13.1 Å². The summed E-state index contributed by atoms with van der Waals surface area (Å²) in [6, 6.07) is 6.05. The fourth-order valence-corrected chi connectivity index (χ4v) is 2.94. The molecule has 0 aliphatic carbocycles. The number of hydrogen-bond donors (Lipinski definition) is 1. The molecule has 0 spiro atoms. The molecular weight excluding hydrogens is 391 g/mol. The smallest absolute Gasteiger partial charge is 0.422 e. The lowest BCUT2D eigenvalue weighted by atomic mass is 10.2. The molecule has 3 heterocycles. The molecule has 0 aliphatic rings. The molecule has 0 radical (unpaired) electrons. The molecule has 1 aromatic carbocycles. The van der Waals surface area contributed by atoms with Gasteiger partial charge < -0.3 is 9.47 Å². The number of fused-ring (bicyclic) bond motifs is 2. The van der Waals surface area contributed by atoms with Gasteiger partial charge in [0.25, 0.3) is 0 Å². The minimum atomic E-state index is -4.48. The standard InChI is InChI=1S/C18H14F3N5O3/c1-2-28-16-14-15(23-9-24-16)25-17(27)26(14)10-3-4-12-11(7-10)13(5-6-22-12)29-8-18(19,20)21/h3-7,9H,2,8H2,1H3,(H,23,24,25,27). The van der Waals surface area contributed by atoms with E-state index in [0.717, 1.165) is 0 Å². The van der Waals surface area contributed by atoms with Crippen LogP contribution in [0.1, 0.15) is 6.92 Å².